The molecule has 3 heteroatoms. The molecule has 0 aliphatic carbocycles. The Morgan fingerprint density at radius 2 is 2.21 bits per heavy atom. The topological polar surface area (TPSA) is 15.3 Å². The van der Waals surface area contributed by atoms with E-state index in [4.69, 9.17) is 11.6 Å². The summed E-state index contributed by atoms with van der Waals surface area (Å²) in [7, 11) is 0. The minimum absolute atomic E-state index is 0.664. The molecule has 2 heterocycles. The molecule has 1 N–H and O–H groups in total. The summed E-state index contributed by atoms with van der Waals surface area (Å²) in [5.74, 6) is 0. The van der Waals surface area contributed by atoms with Gasteiger partial charge in [0, 0.05) is 23.7 Å². The Bertz CT molecular complexity index is 446. The van der Waals surface area contributed by atoms with Crippen molar-refractivity contribution in [1.29, 1.82) is 0 Å². The van der Waals surface area contributed by atoms with Gasteiger partial charge in [-0.3, -0.25) is 0 Å². The lowest BCUT2D eigenvalue weighted by Crippen LogP contribution is -2.45. The maximum absolute atomic E-state index is 6.29. The van der Waals surface area contributed by atoms with Crippen LogP contribution in [0.15, 0.2) is 18.2 Å². The molecule has 0 spiro atoms. The molecule has 2 aliphatic rings. The molecule has 2 nitrogen and oxygen atoms in total. The van der Waals surface area contributed by atoms with Crippen molar-refractivity contribution in [1.82, 2.24) is 10.2 Å². The third kappa shape index (κ3) is 3.13. The number of hydrogen-bond donors (Lipinski definition) is 1. The zero-order chi connectivity index (χ0) is 13.2. The van der Waals surface area contributed by atoms with E-state index in [2.05, 4.69) is 35.3 Å². The quantitative estimate of drug-likeness (QED) is 0.912. The molecule has 0 bridgehead atoms. The van der Waals surface area contributed by atoms with E-state index in [1.165, 1.54) is 49.9 Å². The van der Waals surface area contributed by atoms with Crippen LogP contribution >= 0.6 is 11.6 Å². The van der Waals surface area contributed by atoms with Gasteiger partial charge in [0.1, 0.15) is 0 Å². The lowest BCUT2D eigenvalue weighted by atomic mass is 9.97. The summed E-state index contributed by atoms with van der Waals surface area (Å²) >= 11 is 6.29. The van der Waals surface area contributed by atoms with Crippen molar-refractivity contribution in [2.24, 2.45) is 0 Å². The second kappa shape index (κ2) is 5.82. The fourth-order valence-corrected chi connectivity index (χ4v) is 3.76. The zero-order valence-corrected chi connectivity index (χ0v) is 12.4. The first-order chi connectivity index (χ1) is 9.22. The number of fused-ring (bicyclic) bond motifs is 1. The van der Waals surface area contributed by atoms with Crippen LogP contribution in [0.25, 0.3) is 0 Å². The largest absolute Gasteiger partial charge is 0.310 e. The second-order valence-corrected chi connectivity index (χ2v) is 6.44. The van der Waals surface area contributed by atoms with Crippen LogP contribution in [0, 0.1) is 6.92 Å². The van der Waals surface area contributed by atoms with Crippen LogP contribution in [-0.4, -0.2) is 30.1 Å². The predicted octanol–water partition coefficient (Wildman–Crippen LogP) is 3.36. The van der Waals surface area contributed by atoms with Gasteiger partial charge < -0.3 is 10.2 Å². The molecule has 3 rings (SSSR count). The monoisotopic (exact) mass is 278 g/mol. The highest BCUT2D eigenvalue weighted by molar-refractivity contribution is 6.31. The van der Waals surface area contributed by atoms with Crippen LogP contribution in [0.2, 0.25) is 5.02 Å². The molecule has 104 valence electrons. The Labute approximate surface area is 121 Å². The molecule has 0 aromatic heterocycles. The lowest BCUT2D eigenvalue weighted by molar-refractivity contribution is 0.166. The summed E-state index contributed by atoms with van der Waals surface area (Å²) in [5, 5.41) is 4.59. The normalized spacial score (nSPS) is 27.5. The average molecular weight is 279 g/mol. The van der Waals surface area contributed by atoms with Gasteiger partial charge in [0.05, 0.1) is 0 Å². The lowest BCUT2D eigenvalue weighted by Gasteiger charge is -2.35. The van der Waals surface area contributed by atoms with Crippen molar-refractivity contribution in [3.63, 3.8) is 0 Å². The van der Waals surface area contributed by atoms with E-state index < -0.39 is 0 Å². The summed E-state index contributed by atoms with van der Waals surface area (Å²) in [5.41, 5.74) is 2.45. The molecule has 2 aliphatic heterocycles. The summed E-state index contributed by atoms with van der Waals surface area (Å²) < 4.78 is 0. The number of nitrogens with zero attached hydrogens (tertiary/aromatic N) is 1. The zero-order valence-electron chi connectivity index (χ0n) is 11.7. The first-order valence-corrected chi connectivity index (χ1v) is 7.82. The Hall–Kier alpha value is -0.570. The van der Waals surface area contributed by atoms with E-state index in [1.807, 2.05) is 0 Å². The summed E-state index contributed by atoms with van der Waals surface area (Å²) in [4.78, 5) is 2.66. The maximum atomic E-state index is 6.29. The van der Waals surface area contributed by atoms with Gasteiger partial charge in [-0.1, -0.05) is 23.7 Å². The molecular weight excluding hydrogens is 256 g/mol. The third-order valence-electron chi connectivity index (χ3n) is 4.61. The first kappa shape index (κ1) is 13.4. The minimum atomic E-state index is 0.664. The van der Waals surface area contributed by atoms with E-state index in [9.17, 15) is 0 Å². The van der Waals surface area contributed by atoms with E-state index in [0.29, 0.717) is 6.04 Å². The second-order valence-electron chi connectivity index (χ2n) is 6.03. The van der Waals surface area contributed by atoms with Crippen molar-refractivity contribution < 1.29 is 0 Å². The van der Waals surface area contributed by atoms with Crippen molar-refractivity contribution in [2.75, 3.05) is 13.1 Å². The number of aryl methyl sites for hydroxylation is 1. The number of benzene rings is 1. The molecule has 19 heavy (non-hydrogen) atoms. The average Bonchev–Trinajstić information content (AvgIpc) is 2.85. The van der Waals surface area contributed by atoms with Crippen molar-refractivity contribution in [2.45, 2.75) is 51.2 Å². The summed E-state index contributed by atoms with van der Waals surface area (Å²) in [6.45, 7) is 5.57. The standard InChI is InChI=1S/C16H23ClN2/c1-12-4-5-13(16(17)9-12)11-18-14-6-8-19-7-2-3-15(19)10-14/h4-5,9,14-15,18H,2-3,6-8,10-11H2,1H3. The number of halogens is 1. The minimum Gasteiger partial charge on any atom is -0.310 e. The van der Waals surface area contributed by atoms with Crippen LogP contribution in [0.1, 0.15) is 36.8 Å². The number of nitrogens with one attached hydrogen (secondary N) is 1. The molecule has 1 aromatic carbocycles. The van der Waals surface area contributed by atoms with Crippen LogP contribution in [0.4, 0.5) is 0 Å². The molecule has 0 amide bonds. The van der Waals surface area contributed by atoms with E-state index in [-0.39, 0.29) is 0 Å². The smallest absolute Gasteiger partial charge is 0.0453 e. The number of rotatable bonds is 3. The van der Waals surface area contributed by atoms with Gasteiger partial charge in [-0.05, 0) is 62.9 Å². The van der Waals surface area contributed by atoms with Gasteiger partial charge >= 0.3 is 0 Å². The van der Waals surface area contributed by atoms with Crippen molar-refractivity contribution in [3.05, 3.63) is 34.3 Å². The third-order valence-corrected chi connectivity index (χ3v) is 4.96. The van der Waals surface area contributed by atoms with Gasteiger partial charge in [-0.2, -0.15) is 0 Å². The Morgan fingerprint density at radius 3 is 3.05 bits per heavy atom. The van der Waals surface area contributed by atoms with Crippen LogP contribution < -0.4 is 5.32 Å². The van der Waals surface area contributed by atoms with Gasteiger partial charge in [0.15, 0.2) is 0 Å². The molecular formula is C16H23ClN2. The molecule has 0 saturated carbocycles. The highest BCUT2D eigenvalue weighted by Crippen LogP contribution is 2.27. The van der Waals surface area contributed by atoms with Crippen LogP contribution in [0.3, 0.4) is 0 Å². The van der Waals surface area contributed by atoms with E-state index in [0.717, 1.165) is 17.6 Å². The van der Waals surface area contributed by atoms with Crippen molar-refractivity contribution in [3.8, 4) is 0 Å². The Morgan fingerprint density at radius 1 is 1.32 bits per heavy atom. The fourth-order valence-electron chi connectivity index (χ4n) is 3.46. The molecule has 2 saturated heterocycles. The summed E-state index contributed by atoms with van der Waals surface area (Å²) in [6.07, 6.45) is 5.37. The predicted molar refractivity (Wildman–Crippen MR) is 80.6 cm³/mol. The molecule has 2 unspecified atom stereocenters. The van der Waals surface area contributed by atoms with Gasteiger partial charge in [-0.25, -0.2) is 0 Å². The summed E-state index contributed by atoms with van der Waals surface area (Å²) in [6, 6.07) is 7.84. The van der Waals surface area contributed by atoms with Crippen LogP contribution in [-0.2, 0) is 6.54 Å². The van der Waals surface area contributed by atoms with Gasteiger partial charge in [0.2, 0.25) is 0 Å². The molecule has 0 radical (unpaired) electrons. The highest BCUT2D eigenvalue weighted by Gasteiger charge is 2.31. The fraction of sp³-hybridized carbons (Fsp3) is 0.625. The van der Waals surface area contributed by atoms with Crippen molar-refractivity contribution >= 4 is 11.6 Å². The maximum Gasteiger partial charge on any atom is 0.0453 e. The first-order valence-electron chi connectivity index (χ1n) is 7.45. The van der Waals surface area contributed by atoms with Gasteiger partial charge in [-0.15, -0.1) is 0 Å². The number of piperidine rings is 1. The van der Waals surface area contributed by atoms with Gasteiger partial charge in [0.25, 0.3) is 0 Å². The SMILES string of the molecule is Cc1ccc(CNC2CCN3CCCC3C2)c(Cl)c1. The van der Waals surface area contributed by atoms with E-state index >= 15 is 0 Å². The number of hydrogen-bond acceptors (Lipinski definition) is 2. The molecule has 1 aromatic rings. The highest BCUT2D eigenvalue weighted by atomic mass is 35.5. The Kier molecular flexibility index (Phi) is 4.11. The van der Waals surface area contributed by atoms with Crippen LogP contribution in [0.5, 0.6) is 0 Å². The molecule has 2 fully saturated rings. The van der Waals surface area contributed by atoms with E-state index in [1.54, 1.807) is 0 Å². The Balaban J connectivity index is 1.54. The molecule has 2 atom stereocenters.